The Balaban J connectivity index is 1.72. The van der Waals surface area contributed by atoms with Crippen LogP contribution in [0.3, 0.4) is 0 Å². The van der Waals surface area contributed by atoms with Gasteiger partial charge >= 0.3 is 11.9 Å². The Hall–Kier alpha value is -3.95. The molecule has 0 spiro atoms. The third-order valence-corrected chi connectivity index (χ3v) is 6.18. The third-order valence-electron chi connectivity index (χ3n) is 5.63. The highest BCUT2D eigenvalue weighted by atomic mass is 35.5. The quantitative estimate of drug-likeness (QED) is 0.242. The number of anilines is 1. The monoisotopic (exact) mass is 617 g/mol. The second kappa shape index (κ2) is 12.3. The second-order valence-corrected chi connectivity index (χ2v) is 9.17. The summed E-state index contributed by atoms with van der Waals surface area (Å²) in [5.74, 6) is -4.05. The number of H-pyrrole nitrogens is 1. The minimum absolute atomic E-state index is 0.104. The lowest BCUT2D eigenvalue weighted by Crippen LogP contribution is -2.33. The van der Waals surface area contributed by atoms with Gasteiger partial charge in [0.25, 0.3) is 5.91 Å². The van der Waals surface area contributed by atoms with E-state index < -0.39 is 47.0 Å². The standard InChI is InChI=1S/C24H21Cl2F4N7O4/c1-3-36-16(11-40-10-13-7-5-4-6-8-13)35-37(23(36)39)20-15(27)9-14(22(32-20)41-12(2)24(28,29)30)21(38)31-17-18(25)33-34-19(17)26/h4-9,12H,3,10-11H2,1-2H3,(H,31,38)(H,33,34)/t12-/m0/s1. The van der Waals surface area contributed by atoms with Crippen LogP contribution in [-0.4, -0.2) is 47.7 Å². The fourth-order valence-corrected chi connectivity index (χ4v) is 3.93. The predicted molar refractivity (Wildman–Crippen MR) is 139 cm³/mol. The van der Waals surface area contributed by atoms with Crippen molar-refractivity contribution in [2.75, 3.05) is 5.32 Å². The van der Waals surface area contributed by atoms with Crippen LogP contribution in [0.2, 0.25) is 10.3 Å². The van der Waals surface area contributed by atoms with E-state index in [0.29, 0.717) is 17.7 Å². The maximum absolute atomic E-state index is 15.4. The number of carbonyl (C=O) groups excluding carboxylic acids is 1. The van der Waals surface area contributed by atoms with Gasteiger partial charge in [0.2, 0.25) is 5.88 Å². The van der Waals surface area contributed by atoms with Crippen molar-refractivity contribution in [3.63, 3.8) is 0 Å². The number of hydrogen-bond acceptors (Lipinski definition) is 7. The molecule has 218 valence electrons. The predicted octanol–water partition coefficient (Wildman–Crippen LogP) is 4.92. The number of benzene rings is 1. The van der Waals surface area contributed by atoms with Crippen LogP contribution >= 0.6 is 23.2 Å². The van der Waals surface area contributed by atoms with Crippen LogP contribution in [0.1, 0.15) is 35.6 Å². The van der Waals surface area contributed by atoms with Crippen molar-refractivity contribution in [1.29, 1.82) is 0 Å². The van der Waals surface area contributed by atoms with Crippen molar-refractivity contribution >= 4 is 34.8 Å². The van der Waals surface area contributed by atoms with Crippen LogP contribution in [0.4, 0.5) is 23.2 Å². The van der Waals surface area contributed by atoms with Gasteiger partial charge in [-0.2, -0.15) is 27.9 Å². The molecule has 1 aromatic carbocycles. The average Bonchev–Trinajstić information content (AvgIpc) is 3.41. The summed E-state index contributed by atoms with van der Waals surface area (Å²) >= 11 is 11.7. The molecule has 41 heavy (non-hydrogen) atoms. The van der Waals surface area contributed by atoms with Gasteiger partial charge in [-0.25, -0.2) is 9.18 Å². The highest BCUT2D eigenvalue weighted by Crippen LogP contribution is 2.31. The first kappa shape index (κ1) is 30.0. The van der Waals surface area contributed by atoms with Crippen molar-refractivity contribution in [2.24, 2.45) is 0 Å². The molecule has 3 heterocycles. The molecule has 0 unspecified atom stereocenters. The van der Waals surface area contributed by atoms with Gasteiger partial charge in [0.15, 0.2) is 28.7 Å². The topological polar surface area (TPSA) is 129 Å². The number of rotatable bonds is 10. The van der Waals surface area contributed by atoms with Crippen molar-refractivity contribution in [3.8, 4) is 11.7 Å². The lowest BCUT2D eigenvalue weighted by atomic mass is 10.2. The summed E-state index contributed by atoms with van der Waals surface area (Å²) in [6.07, 6.45) is -7.33. The molecule has 1 atom stereocenters. The largest absolute Gasteiger partial charge is 0.464 e. The van der Waals surface area contributed by atoms with Gasteiger partial charge < -0.3 is 14.8 Å². The smallest absolute Gasteiger partial charge is 0.425 e. The zero-order valence-electron chi connectivity index (χ0n) is 21.3. The molecule has 0 saturated heterocycles. The number of nitrogens with one attached hydrogen (secondary N) is 2. The van der Waals surface area contributed by atoms with E-state index >= 15 is 4.39 Å². The first-order valence-electron chi connectivity index (χ1n) is 11.9. The third kappa shape index (κ3) is 6.69. The lowest BCUT2D eigenvalue weighted by Gasteiger charge is -2.19. The van der Waals surface area contributed by atoms with Crippen LogP contribution in [-0.2, 0) is 24.5 Å². The molecule has 1 amide bonds. The number of carbonyl (C=O) groups is 1. The Labute approximate surface area is 239 Å². The number of alkyl halides is 3. The Kier molecular flexibility index (Phi) is 8.99. The molecule has 0 saturated carbocycles. The molecule has 4 rings (SSSR count). The summed E-state index contributed by atoms with van der Waals surface area (Å²) in [5.41, 5.74) is -0.945. The average molecular weight is 618 g/mol. The van der Waals surface area contributed by atoms with Gasteiger partial charge in [0, 0.05) is 6.54 Å². The fraction of sp³-hybridized carbons (Fsp3) is 0.292. The molecule has 0 radical (unpaired) electrons. The normalized spacial score (nSPS) is 12.4. The van der Waals surface area contributed by atoms with E-state index in [1.807, 2.05) is 30.3 Å². The number of pyridine rings is 1. The summed E-state index contributed by atoms with van der Waals surface area (Å²) in [7, 11) is 0. The Morgan fingerprint density at radius 3 is 2.51 bits per heavy atom. The number of hydrogen-bond donors (Lipinski definition) is 2. The van der Waals surface area contributed by atoms with E-state index in [2.05, 4.69) is 25.6 Å². The molecule has 0 aliphatic rings. The maximum atomic E-state index is 15.4. The Morgan fingerprint density at radius 1 is 1.20 bits per heavy atom. The highest BCUT2D eigenvalue weighted by molar-refractivity contribution is 6.38. The number of aromatic amines is 1. The first-order chi connectivity index (χ1) is 19.4. The molecule has 0 bridgehead atoms. The van der Waals surface area contributed by atoms with Crippen LogP contribution < -0.4 is 15.7 Å². The highest BCUT2D eigenvalue weighted by Gasteiger charge is 2.39. The van der Waals surface area contributed by atoms with Crippen molar-refractivity contribution in [1.82, 2.24) is 29.5 Å². The second-order valence-electron chi connectivity index (χ2n) is 8.44. The van der Waals surface area contributed by atoms with Gasteiger partial charge in [-0.3, -0.25) is 14.5 Å². The lowest BCUT2D eigenvalue weighted by molar-refractivity contribution is -0.190. The zero-order valence-corrected chi connectivity index (χ0v) is 22.8. The van der Waals surface area contributed by atoms with Crippen molar-refractivity contribution < 1.29 is 31.8 Å². The minimum Gasteiger partial charge on any atom is -0.464 e. The molecule has 0 aliphatic carbocycles. The number of aromatic nitrogens is 6. The van der Waals surface area contributed by atoms with Gasteiger partial charge in [0.1, 0.15) is 23.0 Å². The number of amides is 1. The summed E-state index contributed by atoms with van der Waals surface area (Å²) in [6.45, 7) is 2.47. The number of ether oxygens (including phenoxy) is 2. The Morgan fingerprint density at radius 2 is 1.90 bits per heavy atom. The van der Waals surface area contributed by atoms with Crippen LogP contribution in [0, 0.1) is 5.82 Å². The summed E-state index contributed by atoms with van der Waals surface area (Å²) in [6, 6.07) is 9.71. The minimum atomic E-state index is -4.87. The van der Waals surface area contributed by atoms with Gasteiger partial charge in [0.05, 0.1) is 6.61 Å². The van der Waals surface area contributed by atoms with Gasteiger partial charge in [-0.1, -0.05) is 53.5 Å². The molecule has 4 aromatic rings. The maximum Gasteiger partial charge on any atom is 0.425 e. The zero-order chi connectivity index (χ0) is 29.9. The Bertz CT molecular complexity index is 1590. The SMILES string of the molecule is CCn1c(COCc2ccccc2)nn(-c2nc(O[C@@H](C)C(F)(F)F)c(C(=O)Nc3c(Cl)n[nH]c3Cl)cc2F)c1=O. The van der Waals surface area contributed by atoms with E-state index in [1.54, 1.807) is 6.92 Å². The molecule has 3 aromatic heterocycles. The first-order valence-corrected chi connectivity index (χ1v) is 12.6. The van der Waals surface area contributed by atoms with Crippen LogP contribution in [0.15, 0.2) is 41.2 Å². The molecule has 17 heteroatoms. The van der Waals surface area contributed by atoms with Crippen molar-refractivity contribution in [2.45, 2.75) is 45.9 Å². The molecular formula is C24H21Cl2F4N7O4. The van der Waals surface area contributed by atoms with Crippen molar-refractivity contribution in [3.05, 3.63) is 80.0 Å². The molecule has 0 aliphatic heterocycles. The van der Waals surface area contributed by atoms with E-state index in [4.69, 9.17) is 32.7 Å². The van der Waals surface area contributed by atoms with E-state index in [-0.39, 0.29) is 41.6 Å². The van der Waals surface area contributed by atoms with Gasteiger partial charge in [-0.15, -0.1) is 5.10 Å². The molecule has 0 fully saturated rings. The van der Waals surface area contributed by atoms with E-state index in [9.17, 15) is 22.8 Å². The molecular weight excluding hydrogens is 597 g/mol. The number of halogens is 6. The fourth-order valence-electron chi connectivity index (χ4n) is 3.52. The van der Waals surface area contributed by atoms with Gasteiger partial charge in [-0.05, 0) is 25.5 Å². The molecule has 11 nitrogen and oxygen atoms in total. The summed E-state index contributed by atoms with van der Waals surface area (Å²) in [5, 5.41) is 11.7. The van der Waals surface area contributed by atoms with Crippen LogP contribution in [0.25, 0.3) is 5.82 Å². The molecule has 2 N–H and O–H groups in total. The summed E-state index contributed by atoms with van der Waals surface area (Å²) < 4.78 is 67.6. The van der Waals surface area contributed by atoms with E-state index in [0.717, 1.165) is 5.56 Å². The number of nitrogens with zero attached hydrogens (tertiary/aromatic N) is 5. The van der Waals surface area contributed by atoms with E-state index in [1.165, 1.54) is 4.57 Å². The summed E-state index contributed by atoms with van der Waals surface area (Å²) in [4.78, 5) is 29.8. The van der Waals surface area contributed by atoms with Crippen LogP contribution in [0.5, 0.6) is 5.88 Å².